The van der Waals surface area contributed by atoms with Crippen molar-refractivity contribution in [3.05, 3.63) is 30.4 Å². The molecular formula is C18H23IO7. The molecule has 0 aliphatic heterocycles. The molecule has 2 atom stereocenters. The Morgan fingerprint density at radius 2 is 1.77 bits per heavy atom. The number of phenolic OH excluding ortho intramolecular Hbond substituents is 3. The average Bonchev–Trinajstić information content (AvgIpc) is 2.57. The van der Waals surface area contributed by atoms with Gasteiger partial charge in [0, 0.05) is 18.1 Å². The number of benzene rings is 1. The number of ketones is 1. The van der Waals surface area contributed by atoms with Crippen molar-refractivity contribution in [1.82, 2.24) is 0 Å². The van der Waals surface area contributed by atoms with Crippen molar-refractivity contribution in [2.75, 3.05) is 6.61 Å². The maximum atomic E-state index is 12.8. The standard InChI is InChI=1S/C18H23IO7/c1-5-14(22)26-18(4,19)7-8-25-17(3,6-2)16(24)11-9-12(20)15(23)13(21)10-11/h5,9-10,20-21,23H,1,6-8H2,2-4H3/t17-,18?/m0/s1. The van der Waals surface area contributed by atoms with Gasteiger partial charge in [0.05, 0.1) is 6.61 Å². The van der Waals surface area contributed by atoms with Gasteiger partial charge in [0.1, 0.15) is 5.60 Å². The van der Waals surface area contributed by atoms with E-state index >= 15 is 0 Å². The summed E-state index contributed by atoms with van der Waals surface area (Å²) in [5.41, 5.74) is -1.21. The molecule has 8 heteroatoms. The Bertz CT molecular complexity index is 676. The van der Waals surface area contributed by atoms with Crippen molar-refractivity contribution in [2.45, 2.75) is 42.8 Å². The van der Waals surface area contributed by atoms with Gasteiger partial charge in [0.2, 0.25) is 0 Å². The highest BCUT2D eigenvalue weighted by molar-refractivity contribution is 14.1. The topological polar surface area (TPSA) is 113 Å². The molecule has 1 rings (SSSR count). The van der Waals surface area contributed by atoms with E-state index in [1.807, 2.05) is 22.6 Å². The average molecular weight is 478 g/mol. The van der Waals surface area contributed by atoms with Gasteiger partial charge in [0.15, 0.2) is 26.6 Å². The van der Waals surface area contributed by atoms with Crippen molar-refractivity contribution in [3.8, 4) is 17.2 Å². The number of ether oxygens (including phenoxy) is 2. The van der Waals surface area contributed by atoms with Crippen LogP contribution in [0.3, 0.4) is 0 Å². The molecule has 0 fully saturated rings. The fraction of sp³-hybridized carbons (Fsp3) is 0.444. The quantitative estimate of drug-likeness (QED) is 0.124. The highest BCUT2D eigenvalue weighted by Gasteiger charge is 2.35. The largest absolute Gasteiger partial charge is 0.504 e. The summed E-state index contributed by atoms with van der Waals surface area (Å²) in [4.78, 5) is 24.1. The molecule has 144 valence electrons. The van der Waals surface area contributed by atoms with E-state index in [-0.39, 0.29) is 12.2 Å². The fourth-order valence-corrected chi connectivity index (χ4v) is 2.57. The second-order valence-electron chi connectivity index (χ2n) is 6.10. The van der Waals surface area contributed by atoms with Crippen LogP contribution in [0.25, 0.3) is 0 Å². The van der Waals surface area contributed by atoms with E-state index in [0.717, 1.165) is 18.2 Å². The van der Waals surface area contributed by atoms with E-state index < -0.39 is 38.2 Å². The molecule has 0 saturated heterocycles. The number of alkyl halides is 1. The highest BCUT2D eigenvalue weighted by atomic mass is 127. The van der Waals surface area contributed by atoms with Crippen LogP contribution in [0.2, 0.25) is 0 Å². The number of esters is 1. The van der Waals surface area contributed by atoms with Crippen LogP contribution in [0.1, 0.15) is 44.0 Å². The van der Waals surface area contributed by atoms with E-state index in [9.17, 15) is 24.9 Å². The van der Waals surface area contributed by atoms with Crippen LogP contribution in [-0.2, 0) is 14.3 Å². The van der Waals surface area contributed by atoms with Gasteiger partial charge in [-0.25, -0.2) is 4.79 Å². The minimum Gasteiger partial charge on any atom is -0.504 e. The minimum atomic E-state index is -1.22. The highest BCUT2D eigenvalue weighted by Crippen LogP contribution is 2.37. The number of phenols is 3. The molecule has 26 heavy (non-hydrogen) atoms. The molecule has 0 saturated carbocycles. The number of halogens is 1. The summed E-state index contributed by atoms with van der Waals surface area (Å²) in [6, 6.07) is 2.14. The lowest BCUT2D eigenvalue weighted by Crippen LogP contribution is -2.39. The van der Waals surface area contributed by atoms with Gasteiger partial charge in [-0.05, 0) is 55.0 Å². The first kappa shape index (κ1) is 22.2. The molecule has 7 nitrogen and oxygen atoms in total. The first-order valence-electron chi connectivity index (χ1n) is 7.93. The Kier molecular flexibility index (Phi) is 7.45. The maximum Gasteiger partial charge on any atom is 0.331 e. The van der Waals surface area contributed by atoms with Gasteiger partial charge >= 0.3 is 5.97 Å². The number of rotatable bonds is 9. The molecule has 0 aromatic heterocycles. The molecule has 1 aromatic carbocycles. The zero-order valence-corrected chi connectivity index (χ0v) is 17.1. The lowest BCUT2D eigenvalue weighted by atomic mass is 9.91. The predicted molar refractivity (Wildman–Crippen MR) is 104 cm³/mol. The Morgan fingerprint density at radius 1 is 1.23 bits per heavy atom. The molecule has 0 aliphatic rings. The normalized spacial score (nSPS) is 15.5. The second kappa shape index (κ2) is 8.72. The van der Waals surface area contributed by atoms with Crippen molar-refractivity contribution in [1.29, 1.82) is 0 Å². The number of Topliss-reactive ketones (excluding diaryl/α,β-unsaturated/α-hetero) is 1. The number of hydrogen-bond donors (Lipinski definition) is 3. The molecule has 0 bridgehead atoms. The minimum absolute atomic E-state index is 0.0115. The van der Waals surface area contributed by atoms with Crippen LogP contribution in [0.4, 0.5) is 0 Å². The number of aromatic hydroxyl groups is 3. The lowest BCUT2D eigenvalue weighted by Gasteiger charge is -2.29. The zero-order valence-electron chi connectivity index (χ0n) is 14.9. The summed E-state index contributed by atoms with van der Waals surface area (Å²) in [7, 11) is 0. The summed E-state index contributed by atoms with van der Waals surface area (Å²) < 4.78 is 10.1. The third-order valence-electron chi connectivity index (χ3n) is 3.94. The van der Waals surface area contributed by atoms with Crippen LogP contribution in [0.5, 0.6) is 17.2 Å². The van der Waals surface area contributed by atoms with E-state index in [4.69, 9.17) is 9.47 Å². The number of hydrogen-bond acceptors (Lipinski definition) is 7. The van der Waals surface area contributed by atoms with Gasteiger partial charge in [-0.1, -0.05) is 13.5 Å². The van der Waals surface area contributed by atoms with E-state index in [1.54, 1.807) is 20.8 Å². The van der Waals surface area contributed by atoms with Gasteiger partial charge < -0.3 is 24.8 Å². The predicted octanol–water partition coefficient (Wildman–Crippen LogP) is 3.44. The van der Waals surface area contributed by atoms with Crippen molar-refractivity contribution in [3.63, 3.8) is 0 Å². The first-order chi connectivity index (χ1) is 12.0. The van der Waals surface area contributed by atoms with Crippen LogP contribution < -0.4 is 0 Å². The zero-order chi connectivity index (χ0) is 20.1. The van der Waals surface area contributed by atoms with Crippen molar-refractivity contribution < 1.29 is 34.4 Å². The third kappa shape index (κ3) is 5.60. The Hall–Kier alpha value is -1.81. The molecule has 0 heterocycles. The molecule has 3 N–H and O–H groups in total. The van der Waals surface area contributed by atoms with E-state index in [0.29, 0.717) is 12.8 Å². The summed E-state index contributed by atoms with van der Waals surface area (Å²) in [6.07, 6.45) is 1.74. The number of carbonyl (C=O) groups is 2. The summed E-state index contributed by atoms with van der Waals surface area (Å²) in [5, 5.41) is 28.6. The molecule has 0 aliphatic carbocycles. The SMILES string of the molecule is C=CC(=O)OC(C)(I)CCO[C@@](C)(CC)C(=O)c1cc(O)c(O)c(O)c1. The first-order valence-corrected chi connectivity index (χ1v) is 9.01. The van der Waals surface area contributed by atoms with Crippen molar-refractivity contribution in [2.24, 2.45) is 0 Å². The summed E-state index contributed by atoms with van der Waals surface area (Å²) >= 11 is 1.97. The summed E-state index contributed by atoms with van der Waals surface area (Å²) in [5.74, 6) is -2.88. The molecule has 0 radical (unpaired) electrons. The van der Waals surface area contributed by atoms with E-state index in [1.165, 1.54) is 0 Å². The molecule has 0 spiro atoms. The Morgan fingerprint density at radius 3 is 2.23 bits per heavy atom. The maximum absolute atomic E-state index is 12.8. The Labute approximate surface area is 165 Å². The fourth-order valence-electron chi connectivity index (χ4n) is 2.13. The lowest BCUT2D eigenvalue weighted by molar-refractivity contribution is -0.144. The smallest absolute Gasteiger partial charge is 0.331 e. The molecular weight excluding hydrogens is 455 g/mol. The van der Waals surface area contributed by atoms with Gasteiger partial charge in [-0.15, -0.1) is 0 Å². The molecule has 1 unspecified atom stereocenters. The number of carbonyl (C=O) groups excluding carboxylic acids is 2. The van der Waals surface area contributed by atoms with Crippen LogP contribution in [0.15, 0.2) is 24.8 Å². The van der Waals surface area contributed by atoms with Gasteiger partial charge in [0.25, 0.3) is 0 Å². The van der Waals surface area contributed by atoms with Gasteiger partial charge in [-0.3, -0.25) is 4.79 Å². The van der Waals surface area contributed by atoms with E-state index in [2.05, 4.69) is 6.58 Å². The van der Waals surface area contributed by atoms with Crippen molar-refractivity contribution >= 4 is 34.3 Å². The molecule has 1 aromatic rings. The monoisotopic (exact) mass is 478 g/mol. The van der Waals surface area contributed by atoms with Crippen LogP contribution >= 0.6 is 22.6 Å². The van der Waals surface area contributed by atoms with Crippen LogP contribution in [0, 0.1) is 0 Å². The third-order valence-corrected chi connectivity index (χ3v) is 4.70. The second-order valence-corrected chi connectivity index (χ2v) is 8.38. The Balaban J connectivity index is 2.86. The van der Waals surface area contributed by atoms with Gasteiger partial charge in [-0.2, -0.15) is 0 Å². The van der Waals surface area contributed by atoms with Crippen LogP contribution in [-0.4, -0.2) is 42.9 Å². The summed E-state index contributed by atoms with van der Waals surface area (Å²) in [6.45, 7) is 8.54. The molecule has 0 amide bonds.